The predicted octanol–water partition coefficient (Wildman–Crippen LogP) is 3.33. The molecule has 16 heavy (non-hydrogen) atoms. The van der Waals surface area contributed by atoms with Gasteiger partial charge in [0.1, 0.15) is 0 Å². The molecule has 0 aliphatic carbocycles. The number of hydrogen-bond acceptors (Lipinski definition) is 1. The van der Waals surface area contributed by atoms with E-state index in [-0.39, 0.29) is 0 Å². The average Bonchev–Trinajstić information content (AvgIpc) is 2.31. The summed E-state index contributed by atoms with van der Waals surface area (Å²) in [4.78, 5) is 2.56. The first kappa shape index (κ1) is 11.4. The molecule has 0 bridgehead atoms. The summed E-state index contributed by atoms with van der Waals surface area (Å²) in [5.41, 5.74) is 1.42. The summed E-state index contributed by atoms with van der Waals surface area (Å²) >= 11 is 0. The molecule has 2 atom stereocenters. The zero-order valence-electron chi connectivity index (χ0n) is 10.1. The van der Waals surface area contributed by atoms with Gasteiger partial charge in [0.25, 0.3) is 0 Å². The van der Waals surface area contributed by atoms with Crippen molar-refractivity contribution in [1.29, 1.82) is 0 Å². The van der Waals surface area contributed by atoms with Crippen LogP contribution in [0.15, 0.2) is 43.0 Å². The number of allylic oxidation sites excluding steroid dienone is 1. The van der Waals surface area contributed by atoms with Crippen molar-refractivity contribution in [3.8, 4) is 0 Å². The lowest BCUT2D eigenvalue weighted by atomic mass is 9.87. The minimum absolute atomic E-state index is 0.715. The van der Waals surface area contributed by atoms with Gasteiger partial charge in [-0.15, -0.1) is 6.58 Å². The van der Waals surface area contributed by atoms with Crippen molar-refractivity contribution in [3.05, 3.63) is 48.6 Å². The molecular formula is C15H21N. The van der Waals surface area contributed by atoms with E-state index in [0.717, 1.165) is 12.5 Å². The highest BCUT2D eigenvalue weighted by Gasteiger charge is 2.23. The van der Waals surface area contributed by atoms with Crippen molar-refractivity contribution >= 4 is 0 Å². The average molecular weight is 215 g/mol. The van der Waals surface area contributed by atoms with E-state index in [4.69, 9.17) is 0 Å². The van der Waals surface area contributed by atoms with Gasteiger partial charge in [-0.1, -0.05) is 43.3 Å². The van der Waals surface area contributed by atoms with Gasteiger partial charge in [0, 0.05) is 13.1 Å². The third kappa shape index (κ3) is 2.73. The van der Waals surface area contributed by atoms with Crippen molar-refractivity contribution in [2.24, 2.45) is 11.8 Å². The third-order valence-corrected chi connectivity index (χ3v) is 3.61. The number of piperidine rings is 1. The molecule has 0 amide bonds. The van der Waals surface area contributed by atoms with Gasteiger partial charge < -0.3 is 0 Å². The van der Waals surface area contributed by atoms with Gasteiger partial charge in [-0.05, 0) is 30.4 Å². The van der Waals surface area contributed by atoms with E-state index >= 15 is 0 Å². The van der Waals surface area contributed by atoms with Crippen LogP contribution in [-0.2, 0) is 6.54 Å². The molecule has 0 unspecified atom stereocenters. The highest BCUT2D eigenvalue weighted by molar-refractivity contribution is 5.14. The summed E-state index contributed by atoms with van der Waals surface area (Å²) in [6.45, 7) is 9.76. The maximum Gasteiger partial charge on any atom is 0.0233 e. The fourth-order valence-corrected chi connectivity index (χ4v) is 2.59. The molecule has 0 radical (unpaired) electrons. The molecule has 0 N–H and O–H groups in total. The van der Waals surface area contributed by atoms with Gasteiger partial charge in [-0.2, -0.15) is 0 Å². The lowest BCUT2D eigenvalue weighted by molar-refractivity contribution is 0.145. The Morgan fingerprint density at radius 1 is 1.38 bits per heavy atom. The van der Waals surface area contributed by atoms with E-state index in [0.29, 0.717) is 5.92 Å². The smallest absolute Gasteiger partial charge is 0.0233 e. The zero-order chi connectivity index (χ0) is 11.4. The number of hydrogen-bond donors (Lipinski definition) is 0. The van der Waals surface area contributed by atoms with Crippen molar-refractivity contribution < 1.29 is 0 Å². The summed E-state index contributed by atoms with van der Waals surface area (Å²) in [5.74, 6) is 1.46. The lowest BCUT2D eigenvalue weighted by Gasteiger charge is -2.35. The van der Waals surface area contributed by atoms with Crippen LogP contribution in [-0.4, -0.2) is 18.0 Å². The molecule has 1 aromatic carbocycles. The molecule has 1 aliphatic heterocycles. The normalized spacial score (nSPS) is 26.6. The summed E-state index contributed by atoms with van der Waals surface area (Å²) in [6, 6.07) is 10.7. The second-order valence-electron chi connectivity index (χ2n) is 4.89. The Morgan fingerprint density at radius 2 is 2.12 bits per heavy atom. The quantitative estimate of drug-likeness (QED) is 0.699. The second kappa shape index (κ2) is 5.31. The minimum atomic E-state index is 0.715. The maximum atomic E-state index is 3.93. The monoisotopic (exact) mass is 215 g/mol. The Hall–Kier alpha value is -1.08. The van der Waals surface area contributed by atoms with Crippen molar-refractivity contribution in [2.75, 3.05) is 13.1 Å². The molecule has 1 heteroatoms. The summed E-state index contributed by atoms with van der Waals surface area (Å²) in [7, 11) is 0. The van der Waals surface area contributed by atoms with Gasteiger partial charge >= 0.3 is 0 Å². The van der Waals surface area contributed by atoms with Crippen LogP contribution in [0.1, 0.15) is 18.9 Å². The Bertz CT molecular complexity index is 331. The fraction of sp³-hybridized carbons (Fsp3) is 0.467. The van der Waals surface area contributed by atoms with Crippen molar-refractivity contribution in [2.45, 2.75) is 19.9 Å². The molecule has 0 spiro atoms. The van der Waals surface area contributed by atoms with Crippen LogP contribution in [0.4, 0.5) is 0 Å². The van der Waals surface area contributed by atoms with E-state index in [1.165, 1.54) is 25.1 Å². The number of likely N-dealkylation sites (tertiary alicyclic amines) is 1. The first-order valence-corrected chi connectivity index (χ1v) is 6.18. The lowest BCUT2D eigenvalue weighted by Crippen LogP contribution is -2.38. The van der Waals surface area contributed by atoms with Crippen LogP contribution in [0, 0.1) is 11.8 Å². The standard InChI is InChI=1S/C15H21N/c1-3-15-9-10-16(11-13(15)2)12-14-7-5-4-6-8-14/h3-8,13,15H,1,9-12H2,2H3/t13-,15+/m1/s1. The summed E-state index contributed by atoms with van der Waals surface area (Å²) < 4.78 is 0. The van der Waals surface area contributed by atoms with Gasteiger partial charge in [-0.3, -0.25) is 4.90 Å². The highest BCUT2D eigenvalue weighted by atomic mass is 15.1. The van der Waals surface area contributed by atoms with Crippen LogP contribution in [0.5, 0.6) is 0 Å². The van der Waals surface area contributed by atoms with E-state index in [1.54, 1.807) is 0 Å². The molecule has 1 heterocycles. The van der Waals surface area contributed by atoms with Crippen LogP contribution in [0.2, 0.25) is 0 Å². The predicted molar refractivity (Wildman–Crippen MR) is 69.2 cm³/mol. The number of rotatable bonds is 3. The topological polar surface area (TPSA) is 3.24 Å². The Balaban J connectivity index is 1.91. The SMILES string of the molecule is C=C[C@H]1CCN(Cc2ccccc2)C[C@H]1C. The van der Waals surface area contributed by atoms with Gasteiger partial charge in [0.15, 0.2) is 0 Å². The Kier molecular flexibility index (Phi) is 3.79. The largest absolute Gasteiger partial charge is 0.299 e. The molecule has 1 saturated heterocycles. The Morgan fingerprint density at radius 3 is 2.75 bits per heavy atom. The molecule has 2 rings (SSSR count). The van der Waals surface area contributed by atoms with Gasteiger partial charge in [0.05, 0.1) is 0 Å². The second-order valence-corrected chi connectivity index (χ2v) is 4.89. The Labute approximate surface area is 98.8 Å². The van der Waals surface area contributed by atoms with Crippen LogP contribution in [0.25, 0.3) is 0 Å². The molecule has 0 saturated carbocycles. The molecule has 86 valence electrons. The highest BCUT2D eigenvalue weighted by Crippen LogP contribution is 2.24. The van der Waals surface area contributed by atoms with Crippen LogP contribution in [0.3, 0.4) is 0 Å². The molecule has 1 fully saturated rings. The first-order valence-electron chi connectivity index (χ1n) is 6.18. The van der Waals surface area contributed by atoms with E-state index in [9.17, 15) is 0 Å². The van der Waals surface area contributed by atoms with Crippen molar-refractivity contribution in [3.63, 3.8) is 0 Å². The number of benzene rings is 1. The van der Waals surface area contributed by atoms with Crippen LogP contribution < -0.4 is 0 Å². The minimum Gasteiger partial charge on any atom is -0.299 e. The van der Waals surface area contributed by atoms with E-state index in [1.807, 2.05) is 0 Å². The molecule has 1 aliphatic rings. The van der Waals surface area contributed by atoms with E-state index in [2.05, 4.69) is 54.8 Å². The fourth-order valence-electron chi connectivity index (χ4n) is 2.59. The summed E-state index contributed by atoms with van der Waals surface area (Å²) in [6.07, 6.45) is 3.39. The molecule has 0 aromatic heterocycles. The van der Waals surface area contributed by atoms with Crippen molar-refractivity contribution in [1.82, 2.24) is 4.90 Å². The zero-order valence-corrected chi connectivity index (χ0v) is 10.1. The van der Waals surface area contributed by atoms with E-state index < -0.39 is 0 Å². The van der Waals surface area contributed by atoms with Gasteiger partial charge in [-0.25, -0.2) is 0 Å². The van der Waals surface area contributed by atoms with Crippen LogP contribution >= 0.6 is 0 Å². The van der Waals surface area contributed by atoms with Gasteiger partial charge in [0.2, 0.25) is 0 Å². The first-order chi connectivity index (χ1) is 7.79. The third-order valence-electron chi connectivity index (χ3n) is 3.61. The summed E-state index contributed by atoms with van der Waals surface area (Å²) in [5, 5.41) is 0. The number of nitrogens with zero attached hydrogens (tertiary/aromatic N) is 1. The molecular weight excluding hydrogens is 194 g/mol. The molecule has 1 aromatic rings. The maximum absolute atomic E-state index is 3.93. The molecule has 1 nitrogen and oxygen atoms in total.